The van der Waals surface area contributed by atoms with Gasteiger partial charge in [0.2, 0.25) is 0 Å². The standard InChI is InChI=1S/C31H38N4O3/c1-3-38-23-14-15-26-24(20-23)25-21-31(2)29(36)34(19-11-18-33-16-9-4-5-10-17-33)30(37)35(31)28(27(25)32-26)22-12-7-6-8-13-22/h6-8,12-15,20,28,32H,3-5,9-11,16-19,21H2,1-2H3/t28-,31+/m1/s1. The molecule has 2 saturated heterocycles. The molecule has 6 rings (SSSR count). The number of nitrogens with zero attached hydrogens (tertiary/aromatic N) is 3. The molecule has 38 heavy (non-hydrogen) atoms. The van der Waals surface area contributed by atoms with E-state index >= 15 is 0 Å². The number of imide groups is 1. The van der Waals surface area contributed by atoms with Gasteiger partial charge in [-0.15, -0.1) is 0 Å². The summed E-state index contributed by atoms with van der Waals surface area (Å²) in [6.45, 7) is 8.15. The highest BCUT2D eigenvalue weighted by atomic mass is 16.5. The van der Waals surface area contributed by atoms with Gasteiger partial charge in [0.25, 0.3) is 5.91 Å². The number of carbonyl (C=O) groups is 2. The number of aromatic amines is 1. The van der Waals surface area contributed by atoms with Gasteiger partial charge in [0.1, 0.15) is 17.3 Å². The third kappa shape index (κ3) is 4.17. The number of urea groups is 1. The number of likely N-dealkylation sites (tertiary alicyclic amines) is 1. The van der Waals surface area contributed by atoms with E-state index in [-0.39, 0.29) is 18.0 Å². The molecule has 2 aromatic carbocycles. The Kier molecular flexibility index (Phi) is 6.64. The van der Waals surface area contributed by atoms with Crippen LogP contribution < -0.4 is 4.74 Å². The Morgan fingerprint density at radius 2 is 1.76 bits per heavy atom. The minimum absolute atomic E-state index is 0.0831. The fourth-order valence-corrected chi connectivity index (χ4v) is 6.74. The maximum Gasteiger partial charge on any atom is 0.328 e. The summed E-state index contributed by atoms with van der Waals surface area (Å²) in [5.41, 5.74) is 3.15. The van der Waals surface area contributed by atoms with Crippen molar-refractivity contribution in [3.8, 4) is 5.75 Å². The first-order valence-corrected chi connectivity index (χ1v) is 14.2. The van der Waals surface area contributed by atoms with Crippen molar-refractivity contribution in [2.75, 3.05) is 32.8 Å². The summed E-state index contributed by atoms with van der Waals surface area (Å²) < 4.78 is 5.80. The van der Waals surface area contributed by atoms with Crippen LogP contribution >= 0.6 is 0 Å². The summed E-state index contributed by atoms with van der Waals surface area (Å²) in [5, 5.41) is 1.06. The van der Waals surface area contributed by atoms with Crippen LogP contribution in [-0.2, 0) is 11.2 Å². The predicted octanol–water partition coefficient (Wildman–Crippen LogP) is 5.50. The number of aromatic nitrogens is 1. The number of rotatable bonds is 7. The first kappa shape index (κ1) is 25.0. The van der Waals surface area contributed by atoms with E-state index < -0.39 is 5.54 Å². The van der Waals surface area contributed by atoms with Gasteiger partial charge in [-0.3, -0.25) is 14.6 Å². The molecule has 3 aliphatic rings. The Hall–Kier alpha value is -3.32. The molecule has 0 aliphatic carbocycles. The fourth-order valence-electron chi connectivity index (χ4n) is 6.74. The van der Waals surface area contributed by atoms with E-state index in [1.165, 1.54) is 30.6 Å². The Morgan fingerprint density at radius 3 is 2.50 bits per heavy atom. The number of carbonyl (C=O) groups excluding carboxylic acids is 2. The lowest BCUT2D eigenvalue weighted by Crippen LogP contribution is -2.53. The van der Waals surface area contributed by atoms with Crippen molar-refractivity contribution in [3.05, 3.63) is 65.4 Å². The monoisotopic (exact) mass is 514 g/mol. The van der Waals surface area contributed by atoms with Gasteiger partial charge in [-0.1, -0.05) is 43.2 Å². The molecule has 4 heterocycles. The Morgan fingerprint density at radius 1 is 1.00 bits per heavy atom. The van der Waals surface area contributed by atoms with Gasteiger partial charge in [0.05, 0.1) is 6.61 Å². The van der Waals surface area contributed by atoms with Crippen LogP contribution in [0, 0.1) is 0 Å². The second-order valence-electron chi connectivity index (χ2n) is 11.1. The van der Waals surface area contributed by atoms with E-state index in [1.807, 2.05) is 49.1 Å². The molecule has 0 radical (unpaired) electrons. The molecular weight excluding hydrogens is 476 g/mol. The van der Waals surface area contributed by atoms with Crippen molar-refractivity contribution in [1.82, 2.24) is 19.7 Å². The number of fused-ring (bicyclic) bond motifs is 4. The molecule has 3 aliphatic heterocycles. The van der Waals surface area contributed by atoms with Gasteiger partial charge >= 0.3 is 6.03 Å². The normalized spacial score (nSPS) is 24.0. The maximum absolute atomic E-state index is 14.0. The molecule has 200 valence electrons. The molecule has 0 saturated carbocycles. The largest absolute Gasteiger partial charge is 0.494 e. The average Bonchev–Trinajstić information content (AvgIpc) is 3.19. The molecular formula is C31H38N4O3. The first-order chi connectivity index (χ1) is 18.5. The number of ether oxygens (including phenoxy) is 1. The van der Waals surface area contributed by atoms with Gasteiger partial charge in [-0.05, 0) is 82.1 Å². The zero-order valence-corrected chi connectivity index (χ0v) is 22.5. The lowest BCUT2D eigenvalue weighted by Gasteiger charge is -2.42. The predicted molar refractivity (Wildman–Crippen MR) is 148 cm³/mol. The zero-order valence-electron chi connectivity index (χ0n) is 22.5. The van der Waals surface area contributed by atoms with Crippen molar-refractivity contribution in [3.63, 3.8) is 0 Å². The van der Waals surface area contributed by atoms with Crippen molar-refractivity contribution in [2.24, 2.45) is 0 Å². The minimum Gasteiger partial charge on any atom is -0.494 e. The van der Waals surface area contributed by atoms with Crippen LogP contribution in [0.4, 0.5) is 4.79 Å². The molecule has 7 nitrogen and oxygen atoms in total. The van der Waals surface area contributed by atoms with Gasteiger partial charge in [-0.2, -0.15) is 0 Å². The van der Waals surface area contributed by atoms with Crippen LogP contribution in [0.3, 0.4) is 0 Å². The van der Waals surface area contributed by atoms with Crippen molar-refractivity contribution < 1.29 is 14.3 Å². The van der Waals surface area contributed by atoms with Crippen LogP contribution in [0.1, 0.15) is 68.8 Å². The molecule has 3 amide bonds. The van der Waals surface area contributed by atoms with Crippen LogP contribution in [0.15, 0.2) is 48.5 Å². The third-order valence-electron chi connectivity index (χ3n) is 8.62. The second kappa shape index (κ2) is 10.1. The molecule has 2 fully saturated rings. The Bertz CT molecular complexity index is 1330. The molecule has 0 bridgehead atoms. The SMILES string of the molecule is CCOc1ccc2[nH]c3c(c2c1)C[C@@]1(C)C(=O)N(CCCN2CCCCCC2)C(=O)N1[C@@H]3c1ccccc1. The molecule has 1 N–H and O–H groups in total. The van der Waals surface area contributed by atoms with E-state index in [2.05, 4.69) is 28.1 Å². The Balaban J connectivity index is 1.35. The van der Waals surface area contributed by atoms with Crippen LogP contribution in [-0.4, -0.2) is 69.9 Å². The molecule has 0 unspecified atom stereocenters. The van der Waals surface area contributed by atoms with Crippen LogP contribution in [0.25, 0.3) is 10.9 Å². The summed E-state index contributed by atoms with van der Waals surface area (Å²) in [4.78, 5) is 37.5. The molecule has 1 aromatic heterocycles. The van der Waals surface area contributed by atoms with Gasteiger partial charge < -0.3 is 14.6 Å². The van der Waals surface area contributed by atoms with E-state index in [0.29, 0.717) is 19.6 Å². The van der Waals surface area contributed by atoms with E-state index in [4.69, 9.17) is 4.74 Å². The second-order valence-corrected chi connectivity index (χ2v) is 11.1. The third-order valence-corrected chi connectivity index (χ3v) is 8.62. The highest BCUT2D eigenvalue weighted by Crippen LogP contribution is 2.49. The van der Waals surface area contributed by atoms with Crippen LogP contribution in [0.5, 0.6) is 5.75 Å². The zero-order chi connectivity index (χ0) is 26.3. The summed E-state index contributed by atoms with van der Waals surface area (Å²) in [6, 6.07) is 15.6. The molecule has 0 spiro atoms. The summed E-state index contributed by atoms with van der Waals surface area (Å²) in [6.07, 6.45) is 6.37. The maximum atomic E-state index is 14.0. The van der Waals surface area contributed by atoms with E-state index in [0.717, 1.165) is 59.5 Å². The Labute approximate surface area is 224 Å². The number of amides is 3. The van der Waals surface area contributed by atoms with Gasteiger partial charge in [0, 0.05) is 29.6 Å². The minimum atomic E-state index is -0.941. The quantitative estimate of drug-likeness (QED) is 0.423. The first-order valence-electron chi connectivity index (χ1n) is 14.2. The van der Waals surface area contributed by atoms with E-state index in [9.17, 15) is 9.59 Å². The molecule has 7 heteroatoms. The number of H-pyrrole nitrogens is 1. The van der Waals surface area contributed by atoms with Crippen molar-refractivity contribution in [1.29, 1.82) is 0 Å². The summed E-state index contributed by atoms with van der Waals surface area (Å²) >= 11 is 0. The number of hydrogen-bond acceptors (Lipinski definition) is 4. The summed E-state index contributed by atoms with van der Waals surface area (Å²) in [5.74, 6) is 0.731. The highest BCUT2D eigenvalue weighted by Gasteiger charge is 2.60. The highest BCUT2D eigenvalue weighted by molar-refractivity contribution is 6.08. The number of hydrogen-bond donors (Lipinski definition) is 1. The lowest BCUT2D eigenvalue weighted by atomic mass is 9.81. The smallest absolute Gasteiger partial charge is 0.328 e. The number of nitrogens with one attached hydrogen (secondary N) is 1. The number of benzene rings is 2. The lowest BCUT2D eigenvalue weighted by molar-refractivity contribution is -0.133. The topological polar surface area (TPSA) is 68.9 Å². The molecule has 3 aromatic rings. The van der Waals surface area contributed by atoms with Gasteiger partial charge in [-0.25, -0.2) is 4.79 Å². The van der Waals surface area contributed by atoms with Gasteiger partial charge in [0.15, 0.2) is 0 Å². The van der Waals surface area contributed by atoms with Crippen molar-refractivity contribution >= 4 is 22.8 Å². The fraction of sp³-hybridized carbons (Fsp3) is 0.484. The summed E-state index contributed by atoms with van der Waals surface area (Å²) in [7, 11) is 0. The molecule has 2 atom stereocenters. The average molecular weight is 515 g/mol. The van der Waals surface area contributed by atoms with Crippen molar-refractivity contribution in [2.45, 2.75) is 64.0 Å². The van der Waals surface area contributed by atoms with E-state index in [1.54, 1.807) is 0 Å². The van der Waals surface area contributed by atoms with Crippen LogP contribution in [0.2, 0.25) is 0 Å².